The van der Waals surface area contributed by atoms with Gasteiger partial charge >= 0.3 is 0 Å². The van der Waals surface area contributed by atoms with E-state index in [4.69, 9.17) is 11.6 Å². The van der Waals surface area contributed by atoms with Gasteiger partial charge in [0.1, 0.15) is 5.56 Å². The highest BCUT2D eigenvalue weighted by Crippen LogP contribution is 2.22. The Kier molecular flexibility index (Phi) is 4.92. The summed E-state index contributed by atoms with van der Waals surface area (Å²) in [6, 6.07) is 10.4. The number of nitrogens with zero attached hydrogens (tertiary/aromatic N) is 1. The zero-order valence-corrected chi connectivity index (χ0v) is 12.8. The van der Waals surface area contributed by atoms with E-state index in [9.17, 15) is 19.7 Å². The number of benzene rings is 2. The largest absolute Gasteiger partial charge is 0.285 e. The second-order valence-corrected chi connectivity index (χ2v) is 5.08. The fourth-order valence-electron chi connectivity index (χ4n) is 1.94. The third-order valence-electron chi connectivity index (χ3n) is 3.06. The molecule has 0 aliphatic carbocycles. The summed E-state index contributed by atoms with van der Waals surface area (Å²) < 4.78 is 0. The maximum absolute atomic E-state index is 12.1. The summed E-state index contributed by atoms with van der Waals surface area (Å²) in [4.78, 5) is 34.4. The first-order valence-electron chi connectivity index (χ1n) is 6.50. The van der Waals surface area contributed by atoms with E-state index in [1.54, 1.807) is 0 Å². The van der Waals surface area contributed by atoms with Gasteiger partial charge in [-0.2, -0.15) is 0 Å². The Hall–Kier alpha value is -2.93. The molecule has 2 amide bonds. The lowest BCUT2D eigenvalue weighted by Gasteiger charge is -2.08. The zero-order valence-electron chi connectivity index (χ0n) is 12.0. The van der Waals surface area contributed by atoms with Gasteiger partial charge in [0.15, 0.2) is 0 Å². The number of para-hydroxylation sites is 1. The number of amides is 2. The van der Waals surface area contributed by atoms with Gasteiger partial charge in [-0.25, -0.2) is 0 Å². The minimum atomic E-state index is -0.775. The standard InChI is InChI=1S/C15H12ClN3O4/c1-9-3-2-4-12(13(9)19(22)23)15(21)18-17-14(20)10-5-7-11(16)8-6-10/h2-8H,1H3,(H,17,20)(H,18,21). The van der Waals surface area contributed by atoms with Crippen LogP contribution in [0.4, 0.5) is 5.69 Å². The summed E-state index contributed by atoms with van der Waals surface area (Å²) in [6.45, 7) is 1.53. The molecule has 7 nitrogen and oxygen atoms in total. The number of aryl methyl sites for hydroxylation is 1. The van der Waals surface area contributed by atoms with Crippen LogP contribution in [0.1, 0.15) is 26.3 Å². The van der Waals surface area contributed by atoms with Gasteiger partial charge in [0.05, 0.1) is 4.92 Å². The van der Waals surface area contributed by atoms with Crippen LogP contribution in [0.3, 0.4) is 0 Å². The number of hydrogen-bond acceptors (Lipinski definition) is 4. The summed E-state index contributed by atoms with van der Waals surface area (Å²) in [6.07, 6.45) is 0. The average Bonchev–Trinajstić information content (AvgIpc) is 2.52. The molecule has 2 aromatic rings. The molecular formula is C15H12ClN3O4. The van der Waals surface area contributed by atoms with Crippen LogP contribution in [-0.2, 0) is 0 Å². The predicted octanol–water partition coefficient (Wildman–Crippen LogP) is 2.63. The van der Waals surface area contributed by atoms with Crippen molar-refractivity contribution < 1.29 is 14.5 Å². The molecule has 2 N–H and O–H groups in total. The van der Waals surface area contributed by atoms with Crippen LogP contribution in [0.2, 0.25) is 5.02 Å². The molecule has 0 aliphatic rings. The number of carbonyl (C=O) groups is 2. The van der Waals surface area contributed by atoms with Gasteiger partial charge in [-0.05, 0) is 37.3 Å². The Bertz CT molecular complexity index is 775. The third kappa shape index (κ3) is 3.83. The summed E-state index contributed by atoms with van der Waals surface area (Å²) in [7, 11) is 0. The van der Waals surface area contributed by atoms with Gasteiger partial charge < -0.3 is 0 Å². The molecule has 8 heteroatoms. The number of halogens is 1. The van der Waals surface area contributed by atoms with Crippen molar-refractivity contribution in [2.24, 2.45) is 0 Å². The highest BCUT2D eigenvalue weighted by atomic mass is 35.5. The molecule has 0 spiro atoms. The van der Waals surface area contributed by atoms with E-state index >= 15 is 0 Å². The molecule has 0 aromatic heterocycles. The molecule has 0 saturated heterocycles. The van der Waals surface area contributed by atoms with Crippen molar-refractivity contribution in [3.63, 3.8) is 0 Å². The summed E-state index contributed by atoms with van der Waals surface area (Å²) >= 11 is 5.72. The average molecular weight is 334 g/mol. The van der Waals surface area contributed by atoms with E-state index in [-0.39, 0.29) is 16.8 Å². The normalized spacial score (nSPS) is 10.0. The summed E-state index contributed by atoms with van der Waals surface area (Å²) in [5, 5.41) is 11.5. The van der Waals surface area contributed by atoms with Gasteiger partial charge in [-0.15, -0.1) is 0 Å². The minimum absolute atomic E-state index is 0.133. The lowest BCUT2D eigenvalue weighted by Crippen LogP contribution is -2.41. The Labute approximate surface area is 136 Å². The first-order valence-corrected chi connectivity index (χ1v) is 6.88. The molecule has 0 unspecified atom stereocenters. The highest BCUT2D eigenvalue weighted by molar-refractivity contribution is 6.30. The number of hydrogen-bond donors (Lipinski definition) is 2. The Morgan fingerprint density at radius 2 is 1.65 bits per heavy atom. The molecule has 0 atom stereocenters. The third-order valence-corrected chi connectivity index (χ3v) is 3.31. The number of carbonyl (C=O) groups excluding carboxylic acids is 2. The molecule has 0 radical (unpaired) electrons. The maximum Gasteiger partial charge on any atom is 0.285 e. The van der Waals surface area contributed by atoms with Gasteiger partial charge in [-0.3, -0.25) is 30.6 Å². The fraction of sp³-hybridized carbons (Fsp3) is 0.0667. The zero-order chi connectivity index (χ0) is 17.0. The van der Waals surface area contributed by atoms with E-state index in [2.05, 4.69) is 10.9 Å². The van der Waals surface area contributed by atoms with Crippen LogP contribution in [0, 0.1) is 17.0 Å². The second-order valence-electron chi connectivity index (χ2n) is 4.64. The fourth-order valence-corrected chi connectivity index (χ4v) is 2.06. The van der Waals surface area contributed by atoms with Crippen molar-refractivity contribution in [3.8, 4) is 0 Å². The van der Waals surface area contributed by atoms with E-state index in [1.165, 1.54) is 49.4 Å². The quantitative estimate of drug-likeness (QED) is 0.665. The first kappa shape index (κ1) is 16.4. The lowest BCUT2D eigenvalue weighted by molar-refractivity contribution is -0.385. The Morgan fingerprint density at radius 1 is 1.04 bits per heavy atom. The first-order chi connectivity index (χ1) is 10.9. The Morgan fingerprint density at radius 3 is 2.26 bits per heavy atom. The van der Waals surface area contributed by atoms with Gasteiger partial charge in [-0.1, -0.05) is 23.7 Å². The molecule has 2 rings (SSSR count). The van der Waals surface area contributed by atoms with Crippen LogP contribution in [-0.4, -0.2) is 16.7 Å². The van der Waals surface area contributed by atoms with Crippen molar-refractivity contribution in [2.45, 2.75) is 6.92 Å². The molecule has 118 valence electrons. The Balaban J connectivity index is 2.11. The minimum Gasteiger partial charge on any atom is -0.267 e. The number of nitro benzene ring substituents is 1. The predicted molar refractivity (Wildman–Crippen MR) is 84.2 cm³/mol. The van der Waals surface area contributed by atoms with Crippen molar-refractivity contribution in [1.82, 2.24) is 10.9 Å². The number of nitro groups is 1. The molecule has 0 bridgehead atoms. The van der Waals surface area contributed by atoms with Crippen LogP contribution >= 0.6 is 11.6 Å². The molecule has 0 saturated carbocycles. The second kappa shape index (κ2) is 6.89. The molecule has 0 fully saturated rings. The lowest BCUT2D eigenvalue weighted by atomic mass is 10.1. The van der Waals surface area contributed by atoms with Crippen LogP contribution in [0.15, 0.2) is 42.5 Å². The van der Waals surface area contributed by atoms with Crippen molar-refractivity contribution in [1.29, 1.82) is 0 Å². The van der Waals surface area contributed by atoms with Gasteiger partial charge in [0.25, 0.3) is 17.5 Å². The molecule has 0 aliphatic heterocycles. The molecular weight excluding hydrogens is 322 g/mol. The maximum atomic E-state index is 12.1. The number of nitrogens with one attached hydrogen (secondary N) is 2. The van der Waals surface area contributed by atoms with Crippen molar-refractivity contribution >= 4 is 29.1 Å². The highest BCUT2D eigenvalue weighted by Gasteiger charge is 2.22. The molecule has 0 heterocycles. The smallest absolute Gasteiger partial charge is 0.267 e. The number of hydrazine groups is 1. The van der Waals surface area contributed by atoms with Gasteiger partial charge in [0.2, 0.25) is 0 Å². The SMILES string of the molecule is Cc1cccc(C(=O)NNC(=O)c2ccc(Cl)cc2)c1[N+](=O)[O-]. The summed E-state index contributed by atoms with van der Waals surface area (Å²) in [5.74, 6) is -1.34. The van der Waals surface area contributed by atoms with E-state index < -0.39 is 16.7 Å². The van der Waals surface area contributed by atoms with Crippen LogP contribution in [0.25, 0.3) is 0 Å². The van der Waals surface area contributed by atoms with Crippen molar-refractivity contribution in [3.05, 3.63) is 74.3 Å². The van der Waals surface area contributed by atoms with E-state index in [1.807, 2.05) is 0 Å². The van der Waals surface area contributed by atoms with E-state index in [0.717, 1.165) is 0 Å². The monoisotopic (exact) mass is 333 g/mol. The molecule has 23 heavy (non-hydrogen) atoms. The summed E-state index contributed by atoms with van der Waals surface area (Å²) in [5.41, 5.74) is 4.56. The van der Waals surface area contributed by atoms with Crippen LogP contribution < -0.4 is 10.9 Å². The molecule has 2 aromatic carbocycles. The number of rotatable bonds is 3. The van der Waals surface area contributed by atoms with Crippen molar-refractivity contribution in [2.75, 3.05) is 0 Å². The topological polar surface area (TPSA) is 101 Å². The van der Waals surface area contributed by atoms with Crippen LogP contribution in [0.5, 0.6) is 0 Å². The van der Waals surface area contributed by atoms with Gasteiger partial charge in [0, 0.05) is 16.1 Å². The van der Waals surface area contributed by atoms with E-state index in [0.29, 0.717) is 10.6 Å².